The fraction of sp³-hybridized carbons (Fsp3) is 0.333. The molecular weight excluding hydrogens is 765 g/mol. The summed E-state index contributed by atoms with van der Waals surface area (Å²) in [6.07, 6.45) is 6.22. The molecule has 0 N–H and O–H groups in total. The molecule has 7 aromatic rings. The highest BCUT2D eigenvalue weighted by Gasteiger charge is 2.37. The summed E-state index contributed by atoms with van der Waals surface area (Å²) in [6, 6.07) is 16.1. The zero-order chi connectivity index (χ0) is 40.8. The Bertz CT molecular complexity index is 3010. The number of imidazole rings is 1. The van der Waals surface area contributed by atoms with Crippen molar-refractivity contribution >= 4 is 31.8 Å². The lowest BCUT2D eigenvalue weighted by Gasteiger charge is -2.35. The topological polar surface area (TPSA) is 138 Å². The first-order valence-electron chi connectivity index (χ1n) is 19.1. The summed E-state index contributed by atoms with van der Waals surface area (Å²) in [5.74, 6) is -0.515. The summed E-state index contributed by atoms with van der Waals surface area (Å²) in [4.78, 5) is 14.4. The molecule has 6 heterocycles. The molecule has 1 atom stereocenters. The van der Waals surface area contributed by atoms with Gasteiger partial charge in [0.05, 0.1) is 51.4 Å². The summed E-state index contributed by atoms with van der Waals surface area (Å²) in [7, 11) is -2.53. The first kappa shape index (κ1) is 37.7. The van der Waals surface area contributed by atoms with Gasteiger partial charge in [-0.15, -0.1) is 0 Å². The second kappa shape index (κ2) is 13.6. The summed E-state index contributed by atoms with van der Waals surface area (Å²) in [6.45, 7) is 7.79. The number of fused-ring (bicyclic) bond motifs is 3. The van der Waals surface area contributed by atoms with Crippen LogP contribution in [-0.4, -0.2) is 64.7 Å². The second-order valence-corrected chi connectivity index (χ2v) is 17.8. The van der Waals surface area contributed by atoms with Crippen molar-refractivity contribution in [2.75, 3.05) is 13.2 Å². The van der Waals surface area contributed by atoms with Crippen molar-refractivity contribution in [2.24, 2.45) is 7.05 Å². The predicted octanol–water partition coefficient (Wildman–Crippen LogP) is 6.49. The highest BCUT2D eigenvalue weighted by Crippen LogP contribution is 2.38. The van der Waals surface area contributed by atoms with E-state index in [-0.39, 0.29) is 65.3 Å². The van der Waals surface area contributed by atoms with Gasteiger partial charge in [0, 0.05) is 56.5 Å². The van der Waals surface area contributed by atoms with Crippen LogP contribution in [0.4, 0.5) is 8.78 Å². The number of hydrogen-bond acceptors (Lipinski definition) is 7. The van der Waals surface area contributed by atoms with Gasteiger partial charge in [0.2, 0.25) is 0 Å². The predicted molar refractivity (Wildman–Crippen MR) is 213 cm³/mol. The number of sulfonamides is 1. The van der Waals surface area contributed by atoms with Gasteiger partial charge in [-0.05, 0) is 106 Å². The van der Waals surface area contributed by atoms with Crippen molar-refractivity contribution in [3.63, 3.8) is 0 Å². The van der Waals surface area contributed by atoms with E-state index in [4.69, 9.17) is 9.84 Å². The third kappa shape index (κ3) is 5.98. The fourth-order valence-corrected chi connectivity index (χ4v) is 10.3. The largest absolute Gasteiger partial charge is 0.376 e. The van der Waals surface area contributed by atoms with E-state index in [0.29, 0.717) is 51.1 Å². The molecule has 1 fully saturated rings. The van der Waals surface area contributed by atoms with Gasteiger partial charge in [-0.2, -0.15) is 19.8 Å². The smallest absolute Gasteiger partial charge is 0.338 e. The lowest BCUT2D eigenvalue weighted by Crippen LogP contribution is -2.37. The summed E-state index contributed by atoms with van der Waals surface area (Å²) in [5.41, 5.74) is 3.61. The number of aromatic nitrogens is 7. The Balaban J connectivity index is 1.15. The van der Waals surface area contributed by atoms with Crippen LogP contribution in [0.3, 0.4) is 0 Å². The van der Waals surface area contributed by atoms with Crippen molar-refractivity contribution < 1.29 is 21.9 Å². The lowest BCUT2D eigenvalue weighted by atomic mass is 9.83. The van der Waals surface area contributed by atoms with Gasteiger partial charge in [0.1, 0.15) is 18.2 Å². The normalized spacial score (nSPS) is 17.2. The second-order valence-electron chi connectivity index (χ2n) is 15.9. The van der Waals surface area contributed by atoms with Crippen LogP contribution in [0.2, 0.25) is 0 Å². The van der Waals surface area contributed by atoms with Gasteiger partial charge >= 0.3 is 5.69 Å². The van der Waals surface area contributed by atoms with E-state index in [1.807, 2.05) is 18.2 Å². The van der Waals surface area contributed by atoms with E-state index in [0.717, 1.165) is 18.4 Å². The molecule has 1 saturated heterocycles. The van der Waals surface area contributed by atoms with Crippen LogP contribution in [0.1, 0.15) is 60.6 Å². The maximum absolute atomic E-state index is 15.9. The van der Waals surface area contributed by atoms with Gasteiger partial charge in [-0.1, -0.05) is 6.07 Å². The highest BCUT2D eigenvalue weighted by molar-refractivity contribution is 7.89. The third-order valence-corrected chi connectivity index (χ3v) is 13.5. The molecule has 4 aromatic heterocycles. The minimum atomic E-state index is -4.23. The Morgan fingerprint density at radius 1 is 1.00 bits per heavy atom. The van der Waals surface area contributed by atoms with Crippen LogP contribution in [0, 0.1) is 36.8 Å². The van der Waals surface area contributed by atoms with Crippen molar-refractivity contribution in [1.29, 1.82) is 5.26 Å². The number of nitriles is 1. The Kier molecular flexibility index (Phi) is 8.84. The van der Waals surface area contributed by atoms with E-state index in [9.17, 15) is 22.9 Å². The van der Waals surface area contributed by atoms with Crippen LogP contribution < -0.4 is 5.69 Å². The molecule has 13 nitrogen and oxygen atoms in total. The molecule has 16 heteroatoms. The summed E-state index contributed by atoms with van der Waals surface area (Å²) < 4.78 is 74.8. The molecule has 1 unspecified atom stereocenters. The SMILES string of the molecule is Cc1cc(-n2nc3c(c2-n2ccn(-c4ccc5c(cnn5C)c4F)c2=O)CN(S(=O)(=O)c2cc4cc(C5CCOC(C)(C)C5)ccc4n2CC#N)CC3)cc(C)c1F. The first-order chi connectivity index (χ1) is 27.7. The maximum Gasteiger partial charge on any atom is 0.338 e. The third-order valence-electron chi connectivity index (χ3n) is 11.6. The molecular formula is C42H41F2N9O4S. The molecule has 58 heavy (non-hydrogen) atoms. The molecule has 0 spiro atoms. The van der Waals surface area contributed by atoms with E-state index in [2.05, 4.69) is 25.0 Å². The standard InChI is InChI=1S/C42H41F2N9O4S/c1-25-18-30(19-26(2)38(25)43)53-40(52-16-15-51(41(52)54)36-9-8-35-31(39(36)44)23-46-48(35)5)32-24-49(13-10-33(32)47-53)58(55,56)37-21-29-20-27(6-7-34(29)50(37)14-12-45)28-11-17-57-42(3,4)22-28/h6-9,15-16,18-21,23,28H,10-11,13-14,17,22,24H2,1-5H3. The Hall–Kier alpha value is -5.89. The van der Waals surface area contributed by atoms with Crippen molar-refractivity contribution in [3.8, 4) is 23.3 Å². The van der Waals surface area contributed by atoms with E-state index in [1.54, 1.807) is 49.8 Å². The first-order valence-corrected chi connectivity index (χ1v) is 20.5. The molecule has 2 aliphatic rings. The van der Waals surface area contributed by atoms with Crippen LogP contribution in [0.25, 0.3) is 39.0 Å². The monoisotopic (exact) mass is 805 g/mol. The Morgan fingerprint density at radius 3 is 2.48 bits per heavy atom. The number of hydrogen-bond donors (Lipinski definition) is 0. The van der Waals surface area contributed by atoms with E-state index >= 15 is 4.39 Å². The van der Waals surface area contributed by atoms with Gasteiger partial charge in [-0.3, -0.25) is 13.8 Å². The van der Waals surface area contributed by atoms with E-state index in [1.165, 1.54) is 47.3 Å². The van der Waals surface area contributed by atoms with Gasteiger partial charge in [-0.25, -0.2) is 26.7 Å². The fourth-order valence-electron chi connectivity index (χ4n) is 8.72. The molecule has 0 amide bonds. The number of nitrogens with zero attached hydrogens (tertiary/aromatic N) is 9. The van der Waals surface area contributed by atoms with Crippen LogP contribution in [0.15, 0.2) is 76.9 Å². The Morgan fingerprint density at radius 2 is 1.74 bits per heavy atom. The number of rotatable bonds is 7. The zero-order valence-electron chi connectivity index (χ0n) is 32.7. The highest BCUT2D eigenvalue weighted by atomic mass is 32.2. The number of ether oxygens (including phenoxy) is 1. The number of halogens is 2. The van der Waals surface area contributed by atoms with Crippen molar-refractivity contribution in [2.45, 2.75) is 76.6 Å². The molecule has 0 aliphatic carbocycles. The minimum absolute atomic E-state index is 0.0101. The molecule has 0 radical (unpaired) electrons. The number of benzene rings is 3. The van der Waals surface area contributed by atoms with E-state index < -0.39 is 21.5 Å². The maximum atomic E-state index is 15.9. The molecule has 9 rings (SSSR count). The summed E-state index contributed by atoms with van der Waals surface area (Å²) in [5, 5.41) is 19.9. The van der Waals surface area contributed by atoms with Gasteiger partial charge in [0.15, 0.2) is 10.8 Å². The molecule has 298 valence electrons. The van der Waals surface area contributed by atoms with Crippen LogP contribution in [0.5, 0.6) is 0 Å². The van der Waals surface area contributed by atoms with Gasteiger partial charge < -0.3 is 9.30 Å². The van der Waals surface area contributed by atoms with Gasteiger partial charge in [0.25, 0.3) is 10.0 Å². The molecule has 3 aromatic carbocycles. The van der Waals surface area contributed by atoms with Crippen molar-refractivity contribution in [1.82, 2.24) is 37.6 Å². The average molecular weight is 806 g/mol. The summed E-state index contributed by atoms with van der Waals surface area (Å²) >= 11 is 0. The molecule has 0 bridgehead atoms. The number of aryl methyl sites for hydroxylation is 3. The molecule has 2 aliphatic heterocycles. The quantitative estimate of drug-likeness (QED) is 0.180. The van der Waals surface area contributed by atoms with Crippen LogP contribution >= 0.6 is 0 Å². The Labute approximate surface area is 332 Å². The zero-order valence-corrected chi connectivity index (χ0v) is 33.5. The van der Waals surface area contributed by atoms with Crippen molar-refractivity contribution in [3.05, 3.63) is 117 Å². The molecule has 0 saturated carbocycles. The lowest BCUT2D eigenvalue weighted by molar-refractivity contribution is -0.0592. The average Bonchev–Trinajstić information content (AvgIpc) is 3.96. The van der Waals surface area contributed by atoms with Crippen LogP contribution in [-0.2, 0) is 41.3 Å². The minimum Gasteiger partial charge on any atom is -0.376 e.